The Morgan fingerprint density at radius 3 is 1.25 bits per heavy atom. The molecule has 0 heterocycles. The molecule has 0 saturated heterocycles. The highest BCUT2D eigenvalue weighted by atomic mass is 16.4. The van der Waals surface area contributed by atoms with Gasteiger partial charge in [-0.2, -0.15) is 0 Å². The summed E-state index contributed by atoms with van der Waals surface area (Å²) in [6.07, 6.45) is -2.43. The molecular formula is C5H6O7. The Morgan fingerprint density at radius 2 is 1.17 bits per heavy atom. The van der Waals surface area contributed by atoms with E-state index in [1.807, 2.05) is 0 Å². The van der Waals surface area contributed by atoms with E-state index in [1.54, 1.807) is 0 Å². The Balaban J connectivity index is 4.63. The minimum atomic E-state index is -2.43. The first-order valence-corrected chi connectivity index (χ1v) is 2.74. The van der Waals surface area contributed by atoms with Crippen LogP contribution in [0.4, 0.5) is 0 Å². The molecule has 1 atom stereocenters. The Hall–Kier alpha value is -1.63. The van der Waals surface area contributed by atoms with Gasteiger partial charge in [0.15, 0.2) is 12.0 Å². The lowest BCUT2D eigenvalue weighted by Gasteiger charge is -2.09. The maximum absolute atomic E-state index is 10.1. The van der Waals surface area contributed by atoms with E-state index in [4.69, 9.17) is 20.4 Å². The molecule has 7 nitrogen and oxygen atoms in total. The van der Waals surface area contributed by atoms with Gasteiger partial charge in [-0.25, -0.2) is 4.79 Å². The number of hydrogen-bond donors (Lipinski definition) is 4. The molecule has 0 radical (unpaired) electrons. The summed E-state index contributed by atoms with van der Waals surface area (Å²) in [5, 5.41) is 33.0. The molecule has 1 unspecified atom stereocenters. The lowest BCUT2D eigenvalue weighted by molar-refractivity contribution is -0.169. The third-order valence-electron chi connectivity index (χ3n) is 1.10. The van der Waals surface area contributed by atoms with Crippen molar-refractivity contribution >= 4 is 17.9 Å². The topological polar surface area (TPSA) is 132 Å². The molecule has 0 spiro atoms. The summed E-state index contributed by atoms with van der Waals surface area (Å²) in [4.78, 5) is 30.1. The van der Waals surface area contributed by atoms with E-state index >= 15 is 0 Å². The van der Waals surface area contributed by atoms with Gasteiger partial charge in [-0.05, 0) is 0 Å². The van der Waals surface area contributed by atoms with Gasteiger partial charge in [-0.3, -0.25) is 9.59 Å². The largest absolute Gasteiger partial charge is 0.481 e. The number of aliphatic carboxylic acids is 3. The number of carboxylic acid groups (broad SMARTS) is 3. The van der Waals surface area contributed by atoms with Crippen LogP contribution in [0.25, 0.3) is 0 Å². The SMILES string of the molecule is O=C(O)C(O)C(C(=O)O)C(=O)O. The summed E-state index contributed by atoms with van der Waals surface area (Å²) in [6, 6.07) is 0. The molecule has 7 heteroatoms. The van der Waals surface area contributed by atoms with E-state index < -0.39 is 29.9 Å². The first kappa shape index (κ1) is 10.4. The van der Waals surface area contributed by atoms with Crippen LogP contribution in [-0.4, -0.2) is 44.4 Å². The third-order valence-corrected chi connectivity index (χ3v) is 1.10. The lowest BCUT2D eigenvalue weighted by atomic mass is 10.0. The predicted octanol–water partition coefficient (Wildman–Crippen LogP) is -1.78. The van der Waals surface area contributed by atoms with Crippen molar-refractivity contribution in [3.63, 3.8) is 0 Å². The fourth-order valence-corrected chi connectivity index (χ4v) is 0.518. The average molecular weight is 178 g/mol. The van der Waals surface area contributed by atoms with Gasteiger partial charge in [0.1, 0.15) is 0 Å². The third kappa shape index (κ3) is 2.20. The van der Waals surface area contributed by atoms with E-state index in [9.17, 15) is 14.4 Å². The molecule has 0 aliphatic heterocycles. The highest BCUT2D eigenvalue weighted by Gasteiger charge is 2.38. The van der Waals surface area contributed by atoms with Crippen molar-refractivity contribution in [1.82, 2.24) is 0 Å². The van der Waals surface area contributed by atoms with Crippen LogP contribution >= 0.6 is 0 Å². The quantitative estimate of drug-likeness (QED) is 0.374. The van der Waals surface area contributed by atoms with Crippen molar-refractivity contribution in [2.75, 3.05) is 0 Å². The van der Waals surface area contributed by atoms with Crippen LogP contribution in [-0.2, 0) is 14.4 Å². The van der Waals surface area contributed by atoms with Crippen molar-refractivity contribution in [1.29, 1.82) is 0 Å². The normalized spacial score (nSPS) is 12.5. The van der Waals surface area contributed by atoms with Gasteiger partial charge in [-0.15, -0.1) is 0 Å². The van der Waals surface area contributed by atoms with Gasteiger partial charge in [0.2, 0.25) is 0 Å². The molecule has 68 valence electrons. The van der Waals surface area contributed by atoms with Crippen molar-refractivity contribution in [3.05, 3.63) is 0 Å². The molecule has 0 aromatic carbocycles. The monoisotopic (exact) mass is 178 g/mol. The van der Waals surface area contributed by atoms with Crippen LogP contribution in [0.1, 0.15) is 0 Å². The number of aliphatic hydroxyl groups excluding tert-OH is 1. The van der Waals surface area contributed by atoms with E-state index in [-0.39, 0.29) is 0 Å². The molecule has 4 N–H and O–H groups in total. The Kier molecular flexibility index (Phi) is 3.17. The van der Waals surface area contributed by atoms with Crippen LogP contribution in [0.5, 0.6) is 0 Å². The molecule has 0 aromatic rings. The molecule has 0 aliphatic rings. The molecule has 0 rings (SSSR count). The summed E-state index contributed by atoms with van der Waals surface area (Å²) < 4.78 is 0. The Morgan fingerprint density at radius 1 is 0.833 bits per heavy atom. The van der Waals surface area contributed by atoms with Crippen molar-refractivity contribution in [3.8, 4) is 0 Å². The summed E-state index contributed by atoms with van der Waals surface area (Å²) in [5.41, 5.74) is 0. The molecule has 0 fully saturated rings. The number of aliphatic hydroxyl groups is 1. The van der Waals surface area contributed by atoms with Gasteiger partial charge >= 0.3 is 17.9 Å². The zero-order valence-corrected chi connectivity index (χ0v) is 5.67. The lowest BCUT2D eigenvalue weighted by Crippen LogP contribution is -2.39. The van der Waals surface area contributed by atoms with Gasteiger partial charge in [-0.1, -0.05) is 0 Å². The number of carbonyl (C=O) groups is 3. The Bertz CT molecular complexity index is 206. The van der Waals surface area contributed by atoms with Crippen molar-refractivity contribution in [2.45, 2.75) is 6.10 Å². The van der Waals surface area contributed by atoms with Gasteiger partial charge in [0.05, 0.1) is 0 Å². The zero-order valence-electron chi connectivity index (χ0n) is 5.67. The van der Waals surface area contributed by atoms with Crippen molar-refractivity contribution < 1.29 is 34.8 Å². The second-order valence-corrected chi connectivity index (χ2v) is 1.94. The Labute approximate surface area is 65.9 Å². The van der Waals surface area contributed by atoms with E-state index in [0.717, 1.165) is 0 Å². The first-order chi connectivity index (χ1) is 5.37. The van der Waals surface area contributed by atoms with E-state index in [1.165, 1.54) is 0 Å². The molecule has 0 aromatic heterocycles. The highest BCUT2D eigenvalue weighted by molar-refractivity contribution is 5.98. The molecular weight excluding hydrogens is 172 g/mol. The summed E-state index contributed by atoms with van der Waals surface area (Å²) in [6.45, 7) is 0. The molecule has 0 bridgehead atoms. The fraction of sp³-hybridized carbons (Fsp3) is 0.400. The summed E-state index contributed by atoms with van der Waals surface area (Å²) in [7, 11) is 0. The second kappa shape index (κ2) is 3.67. The van der Waals surface area contributed by atoms with E-state index in [2.05, 4.69) is 0 Å². The number of rotatable bonds is 4. The second-order valence-electron chi connectivity index (χ2n) is 1.94. The minimum absolute atomic E-state index is 1.88. The van der Waals surface area contributed by atoms with Gasteiger partial charge in [0.25, 0.3) is 0 Å². The maximum atomic E-state index is 10.1. The van der Waals surface area contributed by atoms with E-state index in [0.29, 0.717) is 0 Å². The van der Waals surface area contributed by atoms with Crippen molar-refractivity contribution in [2.24, 2.45) is 5.92 Å². The van der Waals surface area contributed by atoms with Crippen LogP contribution in [0.3, 0.4) is 0 Å². The standard InChI is InChI=1S/C5H6O7/c6-2(5(11)12)1(3(7)8)4(9)10/h1-2,6H,(H,7,8)(H,9,10)(H,11,12). The highest BCUT2D eigenvalue weighted by Crippen LogP contribution is 2.04. The maximum Gasteiger partial charge on any atom is 0.334 e. The van der Waals surface area contributed by atoms with Crippen LogP contribution in [0, 0.1) is 5.92 Å². The molecule has 0 aliphatic carbocycles. The predicted molar refractivity (Wildman–Crippen MR) is 32.4 cm³/mol. The smallest absolute Gasteiger partial charge is 0.334 e. The van der Waals surface area contributed by atoms with Crippen LogP contribution in [0.2, 0.25) is 0 Å². The number of carboxylic acids is 3. The first-order valence-electron chi connectivity index (χ1n) is 2.74. The van der Waals surface area contributed by atoms with Crippen LogP contribution < -0.4 is 0 Å². The van der Waals surface area contributed by atoms with Crippen LogP contribution in [0.15, 0.2) is 0 Å². The zero-order chi connectivity index (χ0) is 9.89. The van der Waals surface area contributed by atoms with Gasteiger partial charge < -0.3 is 20.4 Å². The summed E-state index contributed by atoms with van der Waals surface area (Å²) in [5.74, 6) is -8.00. The molecule has 0 saturated carbocycles. The minimum Gasteiger partial charge on any atom is -0.481 e. The average Bonchev–Trinajstić information content (AvgIpc) is 1.85. The fourth-order valence-electron chi connectivity index (χ4n) is 0.518. The number of hydrogen-bond acceptors (Lipinski definition) is 4. The molecule has 0 amide bonds. The summed E-state index contributed by atoms with van der Waals surface area (Å²) >= 11 is 0. The molecule has 12 heavy (non-hydrogen) atoms. The van der Waals surface area contributed by atoms with Gasteiger partial charge in [0, 0.05) is 0 Å².